The topological polar surface area (TPSA) is 123 Å². The van der Waals surface area contributed by atoms with Gasteiger partial charge in [-0.15, -0.1) is 0 Å². The third kappa shape index (κ3) is 5.76. The van der Waals surface area contributed by atoms with E-state index in [1.807, 2.05) is 53.4 Å². The molecule has 0 spiro atoms. The third-order valence-corrected chi connectivity index (χ3v) is 8.04. The summed E-state index contributed by atoms with van der Waals surface area (Å²) in [5.74, 6) is -0.286. The largest absolute Gasteiger partial charge is 0.456 e. The first-order valence-electron chi connectivity index (χ1n) is 10.8. The van der Waals surface area contributed by atoms with E-state index in [1.54, 1.807) is 0 Å². The van der Waals surface area contributed by atoms with Crippen LogP contribution in [0.15, 0.2) is 48.5 Å². The van der Waals surface area contributed by atoms with Crippen LogP contribution in [0.2, 0.25) is 0 Å². The van der Waals surface area contributed by atoms with Crippen LogP contribution >= 0.6 is 0 Å². The van der Waals surface area contributed by atoms with Crippen molar-refractivity contribution in [3.63, 3.8) is 0 Å². The van der Waals surface area contributed by atoms with Gasteiger partial charge in [-0.3, -0.25) is 0 Å². The van der Waals surface area contributed by atoms with Crippen LogP contribution in [0.5, 0.6) is 0 Å². The summed E-state index contributed by atoms with van der Waals surface area (Å²) in [5.41, 5.74) is 3.52. The van der Waals surface area contributed by atoms with E-state index in [4.69, 9.17) is 27.9 Å². The molecule has 0 aliphatic carbocycles. The van der Waals surface area contributed by atoms with Crippen LogP contribution in [0.25, 0.3) is 9.69 Å². The van der Waals surface area contributed by atoms with Gasteiger partial charge >= 0.3 is 5.11 Å². The van der Waals surface area contributed by atoms with E-state index >= 15 is 0 Å². The summed E-state index contributed by atoms with van der Waals surface area (Å²) in [5, 5.41) is 15.7. The highest BCUT2D eigenvalue weighted by atomic mass is 32.2. The van der Waals surface area contributed by atoms with Gasteiger partial charge in [0, 0.05) is 19.7 Å². The molecule has 0 radical (unpaired) electrons. The first kappa shape index (κ1) is 26.5. The summed E-state index contributed by atoms with van der Waals surface area (Å²) in [6, 6.07) is 18.4. The zero-order valence-corrected chi connectivity index (χ0v) is 20.7. The summed E-state index contributed by atoms with van der Waals surface area (Å²) in [6.07, 6.45) is 0.699. The highest BCUT2D eigenvalue weighted by Crippen LogP contribution is 2.47. The molecule has 0 amide bonds. The van der Waals surface area contributed by atoms with Crippen LogP contribution in [0.1, 0.15) is 12.8 Å². The standard InChI is InChI=1S/C24H21N6O4S2/c1-27-24(28-2)35(31)34-15-7-13-29-20-9-3-5-11-22(20)30(23-12-6-4-10-21(23)29)14-8-16-36(32,33)19(17-25)18-26/h3-6,9-12,19H,7-8,13-16H2/q-1. The highest BCUT2D eigenvalue weighted by Gasteiger charge is 2.29. The molecule has 1 heterocycles. The second kappa shape index (κ2) is 12.1. The van der Waals surface area contributed by atoms with Gasteiger partial charge in [0.25, 0.3) is 0 Å². The summed E-state index contributed by atoms with van der Waals surface area (Å²) in [4.78, 5) is 9.91. The van der Waals surface area contributed by atoms with E-state index in [9.17, 15) is 12.6 Å². The predicted octanol–water partition coefficient (Wildman–Crippen LogP) is 3.71. The molecule has 10 nitrogen and oxygen atoms in total. The molecule has 0 saturated carbocycles. The Kier molecular flexibility index (Phi) is 8.89. The zero-order valence-electron chi connectivity index (χ0n) is 19.1. The Hall–Kier alpha value is -4.07. The van der Waals surface area contributed by atoms with Crippen LogP contribution < -0.4 is 9.80 Å². The molecule has 1 aliphatic rings. The maximum atomic E-state index is 12.3. The van der Waals surface area contributed by atoms with Gasteiger partial charge in [-0.2, -0.15) is 20.2 Å². The normalized spacial score (nSPS) is 12.2. The van der Waals surface area contributed by atoms with Gasteiger partial charge in [0.15, 0.2) is 9.84 Å². The molecule has 0 aromatic heterocycles. The molecule has 0 unspecified atom stereocenters. The zero-order chi connectivity index (χ0) is 26.1. The van der Waals surface area contributed by atoms with Gasteiger partial charge in [0.2, 0.25) is 5.25 Å². The fourth-order valence-corrected chi connectivity index (χ4v) is 5.44. The molecule has 2 aromatic carbocycles. The quantitative estimate of drug-likeness (QED) is 0.201. The van der Waals surface area contributed by atoms with Gasteiger partial charge in [-0.1, -0.05) is 34.9 Å². The molecular formula is C24H21N6O4S2-. The number of nitriles is 2. The number of fused-ring (bicyclic) bond motifs is 2. The van der Waals surface area contributed by atoms with Gasteiger partial charge in [-0.25, -0.2) is 8.42 Å². The first-order chi connectivity index (χ1) is 17.4. The second-order valence-electron chi connectivity index (χ2n) is 7.56. The minimum Gasteiger partial charge on any atom is -0.456 e. The van der Waals surface area contributed by atoms with Crippen molar-refractivity contribution in [3.05, 3.63) is 71.4 Å². The van der Waals surface area contributed by atoms with Crippen molar-refractivity contribution in [2.45, 2.75) is 18.1 Å². The Bertz CT molecular complexity index is 1410. The van der Waals surface area contributed by atoms with Gasteiger partial charge in [-0.05, 0) is 37.1 Å². The Balaban J connectivity index is 1.80. The maximum Gasteiger partial charge on any atom is 0.454 e. The number of hydrogen-bond acceptors (Lipinski definition) is 9. The van der Waals surface area contributed by atoms with E-state index in [1.165, 1.54) is 12.1 Å². The average molecular weight is 522 g/mol. The van der Waals surface area contributed by atoms with Crippen molar-refractivity contribution < 1.29 is 16.8 Å². The fourth-order valence-electron chi connectivity index (χ4n) is 3.82. The summed E-state index contributed by atoms with van der Waals surface area (Å²) < 4.78 is 41.7. The Morgan fingerprint density at radius 1 is 0.917 bits per heavy atom. The van der Waals surface area contributed by atoms with Gasteiger partial charge < -0.3 is 18.2 Å². The van der Waals surface area contributed by atoms with Crippen LogP contribution in [0.4, 0.5) is 22.7 Å². The lowest BCUT2D eigenvalue weighted by Gasteiger charge is -2.40. The number of para-hydroxylation sites is 4. The Morgan fingerprint density at radius 2 is 1.36 bits per heavy atom. The van der Waals surface area contributed by atoms with E-state index in [0.717, 1.165) is 22.7 Å². The molecular weight excluding hydrogens is 500 g/mol. The van der Waals surface area contributed by atoms with E-state index in [-0.39, 0.29) is 18.8 Å². The second-order valence-corrected chi connectivity index (χ2v) is 10.8. The van der Waals surface area contributed by atoms with Crippen molar-refractivity contribution in [2.24, 2.45) is 0 Å². The Morgan fingerprint density at radius 3 is 1.78 bits per heavy atom. The number of benzene rings is 2. The van der Waals surface area contributed by atoms with E-state index in [0.29, 0.717) is 19.5 Å². The number of rotatable bonds is 10. The molecule has 0 atom stereocenters. The summed E-state index contributed by atoms with van der Waals surface area (Å²) >= 11 is 0. The van der Waals surface area contributed by atoms with Crippen LogP contribution in [0, 0.1) is 35.8 Å². The molecule has 0 bridgehead atoms. The number of nitrogens with zero attached hydrogens (tertiary/aromatic N) is 6. The lowest BCUT2D eigenvalue weighted by Crippen LogP contribution is -2.32. The van der Waals surface area contributed by atoms with Crippen molar-refractivity contribution in [3.8, 4) is 12.1 Å². The third-order valence-electron chi connectivity index (χ3n) is 5.39. The van der Waals surface area contributed by atoms with Crippen LogP contribution in [0.3, 0.4) is 0 Å². The first-order valence-corrected chi connectivity index (χ1v) is 13.6. The summed E-state index contributed by atoms with van der Waals surface area (Å²) in [7, 11) is -5.94. The minimum absolute atomic E-state index is 0.0858. The molecule has 0 saturated heterocycles. The van der Waals surface area contributed by atoms with Crippen molar-refractivity contribution in [1.29, 1.82) is 10.5 Å². The molecule has 1 aliphatic heterocycles. The summed E-state index contributed by atoms with van der Waals surface area (Å²) in [6.45, 7) is 14.7. The minimum atomic E-state index is -3.86. The van der Waals surface area contributed by atoms with Gasteiger partial charge in [0.05, 0.1) is 53.8 Å². The molecule has 184 valence electrons. The van der Waals surface area contributed by atoms with E-state index in [2.05, 4.69) is 14.6 Å². The maximum absolute atomic E-state index is 12.3. The van der Waals surface area contributed by atoms with Crippen LogP contribution in [-0.4, -0.2) is 44.2 Å². The van der Waals surface area contributed by atoms with Crippen molar-refractivity contribution in [1.82, 2.24) is 0 Å². The van der Waals surface area contributed by atoms with Gasteiger partial charge in [0.1, 0.15) is 0 Å². The van der Waals surface area contributed by atoms with Crippen molar-refractivity contribution in [2.75, 3.05) is 35.2 Å². The molecule has 0 N–H and O–H groups in total. The monoisotopic (exact) mass is 521 g/mol. The molecule has 3 rings (SSSR count). The fraction of sp³-hybridized carbons (Fsp3) is 0.292. The average Bonchev–Trinajstić information content (AvgIpc) is 2.88. The van der Waals surface area contributed by atoms with E-state index < -0.39 is 30.9 Å². The molecule has 2 aromatic rings. The number of hydrogen-bond donors (Lipinski definition) is 0. The Labute approximate surface area is 212 Å². The lowest BCUT2D eigenvalue weighted by molar-refractivity contribution is 0.344. The van der Waals surface area contributed by atoms with Crippen molar-refractivity contribution >= 4 is 48.4 Å². The molecule has 0 fully saturated rings. The lowest BCUT2D eigenvalue weighted by atomic mass is 10.1. The molecule has 12 heteroatoms. The smallest absolute Gasteiger partial charge is 0.454 e. The predicted molar refractivity (Wildman–Crippen MR) is 137 cm³/mol. The number of sulfone groups is 1. The number of anilines is 4. The highest BCUT2D eigenvalue weighted by molar-refractivity contribution is 7.92. The SMILES string of the molecule is [C-]#[N+]C([N+]#[C-])=[S-](=O)OCCCN1c2ccccc2N(CCCS(=O)(=O)C(C#N)C#N)c2ccccc21. The molecule has 36 heavy (non-hydrogen) atoms. The van der Waals surface area contributed by atoms with Crippen LogP contribution in [-0.2, 0) is 28.9 Å².